The van der Waals surface area contributed by atoms with Crippen LogP contribution in [0.3, 0.4) is 0 Å². The molecular weight excluding hydrogens is 578 g/mol. The molecule has 1 fully saturated rings. The summed E-state index contributed by atoms with van der Waals surface area (Å²) in [5.74, 6) is 1.70. The quantitative estimate of drug-likeness (QED) is 0.262. The van der Waals surface area contributed by atoms with Gasteiger partial charge in [-0.1, -0.05) is 23.5 Å². The van der Waals surface area contributed by atoms with Gasteiger partial charge in [0.05, 0.1) is 37.5 Å². The van der Waals surface area contributed by atoms with Crippen molar-refractivity contribution >= 4 is 48.3 Å². The second kappa shape index (κ2) is 12.8. The number of para-hydroxylation sites is 1. The number of hydrogen-bond acceptors (Lipinski definition) is 10. The minimum absolute atomic E-state index is 0.0711. The lowest BCUT2D eigenvalue weighted by molar-refractivity contribution is 0.0948. The lowest BCUT2D eigenvalue weighted by atomic mass is 10.1. The van der Waals surface area contributed by atoms with Gasteiger partial charge in [0.1, 0.15) is 27.5 Å². The van der Waals surface area contributed by atoms with Gasteiger partial charge in [-0.3, -0.25) is 14.4 Å². The van der Waals surface area contributed by atoms with Crippen molar-refractivity contribution < 1.29 is 27.4 Å². The highest BCUT2D eigenvalue weighted by atomic mass is 32.2. The van der Waals surface area contributed by atoms with Gasteiger partial charge in [0, 0.05) is 39.3 Å². The van der Waals surface area contributed by atoms with Crippen LogP contribution in [-0.4, -0.2) is 84.8 Å². The molecule has 5 rings (SSSR count). The molecule has 3 aromatic carbocycles. The van der Waals surface area contributed by atoms with Crippen LogP contribution < -0.4 is 29.1 Å². The minimum atomic E-state index is -3.89. The summed E-state index contributed by atoms with van der Waals surface area (Å²) in [6, 6.07) is 16.4. The van der Waals surface area contributed by atoms with Crippen molar-refractivity contribution in [2.24, 2.45) is 0 Å². The Morgan fingerprint density at radius 1 is 0.905 bits per heavy atom. The first-order valence-electron chi connectivity index (χ1n) is 13.4. The third-order valence-corrected chi connectivity index (χ3v) is 9.55. The molecule has 0 unspecified atom stereocenters. The van der Waals surface area contributed by atoms with Crippen molar-refractivity contribution in [1.82, 2.24) is 15.2 Å². The number of carbonyl (C=O) groups is 1. The summed E-state index contributed by atoms with van der Waals surface area (Å²) in [4.78, 5) is 22.5. The number of methoxy groups -OCH3 is 3. The average Bonchev–Trinajstić information content (AvgIpc) is 3.47. The maximum absolute atomic E-state index is 13.0. The van der Waals surface area contributed by atoms with Crippen LogP contribution in [0.5, 0.6) is 17.2 Å². The number of hydrogen-bond donors (Lipinski definition) is 2. The molecule has 1 aliphatic rings. The molecule has 1 amide bonds. The number of piperazine rings is 1. The number of carbonyl (C=O) groups excluding carboxylic acids is 1. The van der Waals surface area contributed by atoms with E-state index < -0.39 is 10.0 Å². The van der Waals surface area contributed by atoms with Crippen LogP contribution in [0.4, 0.5) is 10.8 Å². The summed E-state index contributed by atoms with van der Waals surface area (Å²) in [6.45, 7) is 4.33. The number of thiazole rings is 1. The van der Waals surface area contributed by atoms with Gasteiger partial charge in [-0.05, 0) is 48.5 Å². The Hall–Kier alpha value is -4.07. The van der Waals surface area contributed by atoms with Crippen molar-refractivity contribution in [2.75, 3.05) is 70.2 Å². The van der Waals surface area contributed by atoms with E-state index in [1.165, 1.54) is 19.2 Å². The van der Waals surface area contributed by atoms with E-state index in [-0.39, 0.29) is 22.1 Å². The fourth-order valence-corrected chi connectivity index (χ4v) is 6.93. The fraction of sp³-hybridized carbons (Fsp3) is 0.310. The van der Waals surface area contributed by atoms with E-state index in [0.717, 1.165) is 53.0 Å². The molecule has 11 nitrogen and oxygen atoms in total. The Morgan fingerprint density at radius 2 is 1.60 bits per heavy atom. The molecular formula is C29H33N5O6S2. The number of nitrogens with one attached hydrogen (secondary N) is 2. The smallest absolute Gasteiger partial charge is 0.261 e. The van der Waals surface area contributed by atoms with Crippen molar-refractivity contribution in [2.45, 2.75) is 4.90 Å². The Bertz CT molecular complexity index is 1610. The highest BCUT2D eigenvalue weighted by molar-refractivity contribution is 7.92. The maximum Gasteiger partial charge on any atom is 0.261 e. The molecule has 0 atom stereocenters. The minimum Gasteiger partial charge on any atom is -0.497 e. The number of anilines is 2. The molecule has 0 aliphatic carbocycles. The van der Waals surface area contributed by atoms with Crippen molar-refractivity contribution in [3.05, 3.63) is 66.2 Å². The molecule has 0 saturated carbocycles. The molecule has 0 radical (unpaired) electrons. The van der Waals surface area contributed by atoms with Crippen LogP contribution in [-0.2, 0) is 10.0 Å². The zero-order chi connectivity index (χ0) is 29.7. The lowest BCUT2D eigenvalue weighted by Gasteiger charge is -2.34. The highest BCUT2D eigenvalue weighted by Gasteiger charge is 2.23. The number of fused-ring (bicyclic) bond motifs is 1. The predicted molar refractivity (Wildman–Crippen MR) is 164 cm³/mol. The Morgan fingerprint density at radius 3 is 2.29 bits per heavy atom. The molecule has 13 heteroatoms. The first-order valence-corrected chi connectivity index (χ1v) is 15.7. The highest BCUT2D eigenvalue weighted by Crippen LogP contribution is 2.40. The molecule has 1 saturated heterocycles. The van der Waals surface area contributed by atoms with Gasteiger partial charge in [0.25, 0.3) is 15.9 Å². The first-order chi connectivity index (χ1) is 20.3. The van der Waals surface area contributed by atoms with Gasteiger partial charge in [0.15, 0.2) is 5.13 Å². The van der Waals surface area contributed by atoms with E-state index in [9.17, 15) is 13.2 Å². The molecule has 4 aromatic rings. The number of aromatic nitrogens is 1. The number of benzene rings is 3. The fourth-order valence-electron chi connectivity index (χ4n) is 4.72. The zero-order valence-electron chi connectivity index (χ0n) is 23.6. The van der Waals surface area contributed by atoms with E-state index in [2.05, 4.69) is 19.8 Å². The number of sulfonamides is 1. The number of nitrogens with zero attached hydrogens (tertiary/aromatic N) is 3. The Labute approximate surface area is 249 Å². The third kappa shape index (κ3) is 6.37. The summed E-state index contributed by atoms with van der Waals surface area (Å²) >= 11 is 1.59. The van der Waals surface area contributed by atoms with Crippen molar-refractivity contribution in [1.29, 1.82) is 0 Å². The number of rotatable bonds is 11. The molecule has 2 N–H and O–H groups in total. The van der Waals surface area contributed by atoms with Gasteiger partial charge in [-0.15, -0.1) is 0 Å². The van der Waals surface area contributed by atoms with Crippen LogP contribution in [0, 0.1) is 0 Å². The van der Waals surface area contributed by atoms with E-state index in [4.69, 9.17) is 19.2 Å². The van der Waals surface area contributed by atoms with Gasteiger partial charge in [-0.25, -0.2) is 13.4 Å². The monoisotopic (exact) mass is 611 g/mol. The average molecular weight is 612 g/mol. The molecule has 222 valence electrons. The zero-order valence-corrected chi connectivity index (χ0v) is 25.3. The van der Waals surface area contributed by atoms with Crippen LogP contribution in [0.2, 0.25) is 0 Å². The number of amides is 1. The van der Waals surface area contributed by atoms with Crippen LogP contribution >= 0.6 is 11.3 Å². The van der Waals surface area contributed by atoms with Gasteiger partial charge >= 0.3 is 0 Å². The standard InChI is InChI=1S/C29H33N5O6S2/c1-38-20-8-10-21(11-9-20)42(36,37)32-23-7-5-4-6-22(23)28(35)30-14-15-33-16-18-34(19-17-33)29-31-26-24(39-2)12-13-25(40-3)27(26)41-29/h4-13,32H,14-19H2,1-3H3,(H,30,35). The van der Waals surface area contributed by atoms with Crippen LogP contribution in [0.15, 0.2) is 65.6 Å². The maximum atomic E-state index is 13.0. The second-order valence-electron chi connectivity index (χ2n) is 9.56. The van der Waals surface area contributed by atoms with E-state index >= 15 is 0 Å². The topological polar surface area (TPSA) is 122 Å². The van der Waals surface area contributed by atoms with Gasteiger partial charge < -0.3 is 24.4 Å². The Kier molecular flexibility index (Phi) is 9.00. The molecule has 0 bridgehead atoms. The van der Waals surface area contributed by atoms with Gasteiger partial charge in [-0.2, -0.15) is 0 Å². The second-order valence-corrected chi connectivity index (χ2v) is 12.2. The molecule has 0 spiro atoms. The normalized spacial score (nSPS) is 14.0. The van der Waals surface area contributed by atoms with Crippen molar-refractivity contribution in [3.8, 4) is 17.2 Å². The van der Waals surface area contributed by atoms with E-state index in [0.29, 0.717) is 18.8 Å². The lowest BCUT2D eigenvalue weighted by Crippen LogP contribution is -2.48. The summed E-state index contributed by atoms with van der Waals surface area (Å²) in [6.07, 6.45) is 0. The molecule has 1 aliphatic heterocycles. The summed E-state index contributed by atoms with van der Waals surface area (Å²) in [5.41, 5.74) is 1.26. The largest absolute Gasteiger partial charge is 0.497 e. The summed E-state index contributed by atoms with van der Waals surface area (Å²) in [5, 5.41) is 3.86. The third-order valence-electron chi connectivity index (χ3n) is 7.04. The molecule has 42 heavy (non-hydrogen) atoms. The molecule has 1 aromatic heterocycles. The summed E-state index contributed by atoms with van der Waals surface area (Å²) in [7, 11) is 0.904. The van der Waals surface area contributed by atoms with Crippen molar-refractivity contribution in [3.63, 3.8) is 0 Å². The molecule has 2 heterocycles. The first kappa shape index (κ1) is 29.4. The van der Waals surface area contributed by atoms with E-state index in [1.54, 1.807) is 62.0 Å². The number of ether oxygens (including phenoxy) is 3. The Balaban J connectivity index is 1.15. The van der Waals surface area contributed by atoms with Crippen LogP contribution in [0.25, 0.3) is 10.2 Å². The summed E-state index contributed by atoms with van der Waals surface area (Å²) < 4.78 is 45.5. The predicted octanol–water partition coefficient (Wildman–Crippen LogP) is 3.67. The van der Waals surface area contributed by atoms with E-state index in [1.807, 2.05) is 12.1 Å². The van der Waals surface area contributed by atoms with Crippen LogP contribution in [0.1, 0.15) is 10.4 Å². The SMILES string of the molecule is COc1ccc(S(=O)(=O)Nc2ccccc2C(=O)NCCN2CCN(c3nc4c(OC)ccc(OC)c4s3)CC2)cc1. The van der Waals surface area contributed by atoms with Gasteiger partial charge in [0.2, 0.25) is 0 Å².